The van der Waals surface area contributed by atoms with Crippen molar-refractivity contribution in [1.82, 2.24) is 10.2 Å². The molecule has 0 unspecified atom stereocenters. The zero-order valence-electron chi connectivity index (χ0n) is 9.35. The fourth-order valence-electron chi connectivity index (χ4n) is 2.82. The standard InChI is InChI=1S/C11H18N2O3/c14-11(13-1-3-15-4-2-13)9-5-8-6-12-7-10(9)16-8/h8-10,12H,1-7H2/t8-,9-,10+/m0/s1. The number of nitrogens with one attached hydrogen (secondary N) is 1. The van der Waals surface area contributed by atoms with E-state index in [1.165, 1.54) is 0 Å². The van der Waals surface area contributed by atoms with Gasteiger partial charge in [0.1, 0.15) is 0 Å². The number of nitrogens with zero attached hydrogens (tertiary/aromatic N) is 1. The molecule has 0 aromatic heterocycles. The summed E-state index contributed by atoms with van der Waals surface area (Å²) in [5, 5.41) is 3.31. The third kappa shape index (κ3) is 1.83. The van der Waals surface area contributed by atoms with Crippen molar-refractivity contribution in [2.24, 2.45) is 5.92 Å². The third-order valence-electron chi connectivity index (χ3n) is 3.69. The predicted octanol–water partition coefficient (Wildman–Crippen LogP) is -0.778. The summed E-state index contributed by atoms with van der Waals surface area (Å²) < 4.78 is 11.0. The Morgan fingerprint density at radius 2 is 2.06 bits per heavy atom. The van der Waals surface area contributed by atoms with Crippen molar-refractivity contribution in [2.45, 2.75) is 18.6 Å². The Morgan fingerprint density at radius 3 is 2.81 bits per heavy atom. The molecule has 0 aromatic carbocycles. The first kappa shape index (κ1) is 10.5. The summed E-state index contributed by atoms with van der Waals surface area (Å²) in [6.45, 7) is 4.53. The molecule has 0 saturated carbocycles. The second-order valence-electron chi connectivity index (χ2n) is 4.73. The van der Waals surface area contributed by atoms with Gasteiger partial charge in [-0.3, -0.25) is 4.79 Å². The summed E-state index contributed by atoms with van der Waals surface area (Å²) in [5.74, 6) is 0.331. The molecule has 2 bridgehead atoms. The van der Waals surface area contributed by atoms with Gasteiger partial charge in [0.25, 0.3) is 0 Å². The SMILES string of the molecule is O=C([C@H]1C[C@H]2CNC[C@H]1O2)N1CCOCC1. The van der Waals surface area contributed by atoms with Gasteiger partial charge >= 0.3 is 0 Å². The van der Waals surface area contributed by atoms with E-state index in [9.17, 15) is 4.79 Å². The molecule has 3 aliphatic rings. The van der Waals surface area contributed by atoms with Gasteiger partial charge in [0.15, 0.2) is 0 Å². The molecule has 3 aliphatic heterocycles. The van der Waals surface area contributed by atoms with E-state index in [2.05, 4.69) is 5.32 Å². The lowest BCUT2D eigenvalue weighted by atomic mass is 9.98. The molecule has 3 heterocycles. The van der Waals surface area contributed by atoms with Crippen LogP contribution in [-0.4, -0.2) is 62.4 Å². The summed E-state index contributed by atoms with van der Waals surface area (Å²) >= 11 is 0. The lowest BCUT2D eigenvalue weighted by Gasteiger charge is -2.30. The van der Waals surface area contributed by atoms with Gasteiger partial charge < -0.3 is 19.7 Å². The molecule has 3 saturated heterocycles. The van der Waals surface area contributed by atoms with Gasteiger partial charge in [-0.1, -0.05) is 0 Å². The highest BCUT2D eigenvalue weighted by Crippen LogP contribution is 2.30. The first-order chi connectivity index (χ1) is 7.84. The number of fused-ring (bicyclic) bond motifs is 2. The molecule has 0 aromatic rings. The molecule has 5 nitrogen and oxygen atoms in total. The Bertz CT molecular complexity index is 278. The van der Waals surface area contributed by atoms with Gasteiger partial charge in [-0.05, 0) is 6.42 Å². The van der Waals surface area contributed by atoms with Gasteiger partial charge in [0.2, 0.25) is 5.91 Å². The maximum absolute atomic E-state index is 12.3. The monoisotopic (exact) mass is 226 g/mol. The Morgan fingerprint density at radius 1 is 1.25 bits per heavy atom. The van der Waals surface area contributed by atoms with E-state index in [0.717, 1.165) is 32.6 Å². The average molecular weight is 226 g/mol. The van der Waals surface area contributed by atoms with Crippen LogP contribution in [0, 0.1) is 5.92 Å². The molecule has 1 N–H and O–H groups in total. The lowest BCUT2D eigenvalue weighted by Crippen LogP contribution is -2.47. The summed E-state index contributed by atoms with van der Waals surface area (Å²) in [5.41, 5.74) is 0. The van der Waals surface area contributed by atoms with Crippen molar-refractivity contribution in [3.05, 3.63) is 0 Å². The van der Waals surface area contributed by atoms with Crippen LogP contribution in [0.2, 0.25) is 0 Å². The van der Waals surface area contributed by atoms with Gasteiger partial charge in [-0.15, -0.1) is 0 Å². The van der Waals surface area contributed by atoms with Crippen LogP contribution in [0.1, 0.15) is 6.42 Å². The number of rotatable bonds is 1. The van der Waals surface area contributed by atoms with Gasteiger partial charge in [0, 0.05) is 26.2 Å². The van der Waals surface area contributed by atoms with Crippen LogP contribution in [0.4, 0.5) is 0 Å². The number of ether oxygens (including phenoxy) is 2. The Labute approximate surface area is 95.1 Å². The lowest BCUT2D eigenvalue weighted by molar-refractivity contribution is -0.141. The number of carbonyl (C=O) groups is 1. The van der Waals surface area contributed by atoms with Crippen molar-refractivity contribution in [3.8, 4) is 0 Å². The minimum Gasteiger partial charge on any atom is -0.378 e. The summed E-state index contributed by atoms with van der Waals surface area (Å²) in [7, 11) is 0. The van der Waals surface area contributed by atoms with Crippen LogP contribution >= 0.6 is 0 Å². The van der Waals surface area contributed by atoms with Crippen LogP contribution in [0.25, 0.3) is 0 Å². The van der Waals surface area contributed by atoms with Crippen molar-refractivity contribution in [2.75, 3.05) is 39.4 Å². The van der Waals surface area contributed by atoms with Crippen molar-refractivity contribution in [3.63, 3.8) is 0 Å². The van der Waals surface area contributed by atoms with Crippen LogP contribution in [0.3, 0.4) is 0 Å². The Hall–Kier alpha value is -0.650. The predicted molar refractivity (Wildman–Crippen MR) is 57.0 cm³/mol. The molecule has 3 rings (SSSR count). The third-order valence-corrected chi connectivity index (χ3v) is 3.69. The maximum Gasteiger partial charge on any atom is 0.228 e. The van der Waals surface area contributed by atoms with E-state index in [1.807, 2.05) is 4.90 Å². The molecule has 0 spiro atoms. The number of carbonyl (C=O) groups excluding carboxylic acids is 1. The first-order valence-electron chi connectivity index (χ1n) is 6.07. The molecule has 1 amide bonds. The smallest absolute Gasteiger partial charge is 0.228 e. The molecule has 0 aliphatic carbocycles. The van der Waals surface area contributed by atoms with E-state index in [1.54, 1.807) is 0 Å². The van der Waals surface area contributed by atoms with Crippen LogP contribution in [0.5, 0.6) is 0 Å². The zero-order chi connectivity index (χ0) is 11.0. The largest absolute Gasteiger partial charge is 0.378 e. The average Bonchev–Trinajstić information content (AvgIpc) is 2.64. The van der Waals surface area contributed by atoms with E-state index in [0.29, 0.717) is 13.2 Å². The number of hydrogen-bond acceptors (Lipinski definition) is 4. The molecule has 3 fully saturated rings. The highest BCUT2D eigenvalue weighted by molar-refractivity contribution is 5.80. The summed E-state index contributed by atoms with van der Waals surface area (Å²) in [6, 6.07) is 0. The fraction of sp³-hybridized carbons (Fsp3) is 0.909. The molecular formula is C11H18N2O3. The second kappa shape index (κ2) is 4.31. The molecule has 90 valence electrons. The Kier molecular flexibility index (Phi) is 2.83. The fourth-order valence-corrected chi connectivity index (χ4v) is 2.82. The molecule has 5 heteroatoms. The minimum absolute atomic E-state index is 0.0677. The highest BCUT2D eigenvalue weighted by atomic mass is 16.5. The molecule has 16 heavy (non-hydrogen) atoms. The van der Waals surface area contributed by atoms with E-state index >= 15 is 0 Å². The van der Waals surface area contributed by atoms with Crippen LogP contribution in [-0.2, 0) is 14.3 Å². The van der Waals surface area contributed by atoms with Crippen molar-refractivity contribution >= 4 is 5.91 Å². The van der Waals surface area contributed by atoms with Crippen LogP contribution in [0.15, 0.2) is 0 Å². The molecular weight excluding hydrogens is 208 g/mol. The molecule has 3 atom stereocenters. The van der Waals surface area contributed by atoms with E-state index < -0.39 is 0 Å². The maximum atomic E-state index is 12.3. The highest BCUT2D eigenvalue weighted by Gasteiger charge is 2.43. The minimum atomic E-state index is 0.0677. The van der Waals surface area contributed by atoms with Gasteiger partial charge in [0.05, 0.1) is 31.3 Å². The van der Waals surface area contributed by atoms with Crippen molar-refractivity contribution < 1.29 is 14.3 Å². The van der Waals surface area contributed by atoms with E-state index in [-0.39, 0.29) is 24.0 Å². The number of hydrogen-bond donors (Lipinski definition) is 1. The quantitative estimate of drug-likeness (QED) is 0.637. The zero-order valence-corrected chi connectivity index (χ0v) is 9.35. The first-order valence-corrected chi connectivity index (χ1v) is 6.07. The topological polar surface area (TPSA) is 50.8 Å². The second-order valence-corrected chi connectivity index (χ2v) is 4.73. The number of amides is 1. The normalized spacial score (nSPS) is 38.8. The van der Waals surface area contributed by atoms with Crippen LogP contribution < -0.4 is 5.32 Å². The Balaban J connectivity index is 1.65. The molecule has 0 radical (unpaired) electrons. The summed E-state index contributed by atoms with van der Waals surface area (Å²) in [6.07, 6.45) is 1.22. The van der Waals surface area contributed by atoms with Gasteiger partial charge in [-0.2, -0.15) is 0 Å². The number of morpholine rings is 2. The van der Waals surface area contributed by atoms with Crippen molar-refractivity contribution in [1.29, 1.82) is 0 Å². The summed E-state index contributed by atoms with van der Waals surface area (Å²) in [4.78, 5) is 14.2. The van der Waals surface area contributed by atoms with E-state index in [4.69, 9.17) is 9.47 Å². The van der Waals surface area contributed by atoms with Gasteiger partial charge in [-0.25, -0.2) is 0 Å².